The van der Waals surface area contributed by atoms with Gasteiger partial charge in [0.05, 0.1) is 0 Å². The Hall–Kier alpha value is -0.570. The van der Waals surface area contributed by atoms with Crippen LogP contribution in [0, 0.1) is 5.92 Å². The average molecular weight is 159 g/mol. The topological polar surface area (TPSA) is 49.3 Å². The third kappa shape index (κ3) is 4.79. The average Bonchev–Trinajstić information content (AvgIpc) is 1.87. The van der Waals surface area contributed by atoms with Crippen LogP contribution in [-0.4, -0.2) is 23.7 Å². The van der Waals surface area contributed by atoms with E-state index < -0.39 is 5.97 Å². The first-order valence-corrected chi connectivity index (χ1v) is 4.04. The molecule has 0 heterocycles. The smallest absolute Gasteiger partial charge is 0.320 e. The third-order valence-electron chi connectivity index (χ3n) is 1.48. The molecular formula is C8H17NO2. The Morgan fingerprint density at radius 1 is 1.55 bits per heavy atom. The Labute approximate surface area is 67.8 Å². The molecule has 0 amide bonds. The van der Waals surface area contributed by atoms with Gasteiger partial charge in [-0.1, -0.05) is 20.8 Å². The summed E-state index contributed by atoms with van der Waals surface area (Å²) in [6.45, 7) is 6.75. The highest BCUT2D eigenvalue weighted by atomic mass is 16.4. The zero-order chi connectivity index (χ0) is 8.85. The molecule has 3 nitrogen and oxygen atoms in total. The van der Waals surface area contributed by atoms with E-state index >= 15 is 0 Å². The summed E-state index contributed by atoms with van der Waals surface area (Å²) in [5.74, 6) is -0.253. The highest BCUT2D eigenvalue weighted by Crippen LogP contribution is 1.94. The Balaban J connectivity index is 3.61. The van der Waals surface area contributed by atoms with Gasteiger partial charge in [0.25, 0.3) is 0 Å². The number of carboxylic acid groups (broad SMARTS) is 1. The van der Waals surface area contributed by atoms with Gasteiger partial charge < -0.3 is 10.4 Å². The summed E-state index contributed by atoms with van der Waals surface area (Å²) in [6, 6.07) is -0.377. The molecule has 0 aromatic heterocycles. The number of rotatable bonds is 5. The maximum absolute atomic E-state index is 10.5. The first-order valence-electron chi connectivity index (χ1n) is 4.04. The van der Waals surface area contributed by atoms with Crippen LogP contribution in [-0.2, 0) is 4.79 Å². The lowest BCUT2D eigenvalue weighted by molar-refractivity contribution is -0.139. The minimum absolute atomic E-state index is 0.377. The maximum Gasteiger partial charge on any atom is 0.320 e. The van der Waals surface area contributed by atoms with Gasteiger partial charge in [0, 0.05) is 0 Å². The predicted molar refractivity (Wildman–Crippen MR) is 44.6 cm³/mol. The zero-order valence-electron chi connectivity index (χ0n) is 7.42. The molecule has 0 spiro atoms. The lowest BCUT2D eigenvalue weighted by Crippen LogP contribution is -2.38. The van der Waals surface area contributed by atoms with Gasteiger partial charge in [0.1, 0.15) is 6.04 Å². The van der Waals surface area contributed by atoms with Crippen molar-refractivity contribution in [2.75, 3.05) is 6.54 Å². The molecule has 0 unspecified atom stereocenters. The van der Waals surface area contributed by atoms with Gasteiger partial charge in [-0.05, 0) is 18.9 Å². The first kappa shape index (κ1) is 10.4. The number of aliphatic carboxylic acids is 1. The van der Waals surface area contributed by atoms with Crippen LogP contribution in [0.1, 0.15) is 27.2 Å². The number of hydrogen-bond donors (Lipinski definition) is 2. The van der Waals surface area contributed by atoms with Crippen molar-refractivity contribution in [2.45, 2.75) is 33.2 Å². The monoisotopic (exact) mass is 159 g/mol. The molecule has 0 aliphatic heterocycles. The van der Waals surface area contributed by atoms with E-state index in [4.69, 9.17) is 5.11 Å². The highest BCUT2D eigenvalue weighted by molar-refractivity contribution is 5.73. The molecule has 11 heavy (non-hydrogen) atoms. The zero-order valence-corrected chi connectivity index (χ0v) is 7.42. The summed E-state index contributed by atoms with van der Waals surface area (Å²) >= 11 is 0. The Bertz CT molecular complexity index is 123. The van der Waals surface area contributed by atoms with Crippen molar-refractivity contribution in [1.29, 1.82) is 0 Å². The van der Waals surface area contributed by atoms with Crippen LogP contribution >= 0.6 is 0 Å². The van der Waals surface area contributed by atoms with Gasteiger partial charge >= 0.3 is 5.97 Å². The molecular weight excluding hydrogens is 142 g/mol. The predicted octanol–water partition coefficient (Wildman–Crippen LogP) is 1.10. The minimum atomic E-state index is -0.756. The fraction of sp³-hybridized carbons (Fsp3) is 0.875. The van der Waals surface area contributed by atoms with E-state index in [9.17, 15) is 4.79 Å². The third-order valence-corrected chi connectivity index (χ3v) is 1.48. The van der Waals surface area contributed by atoms with Gasteiger partial charge in [-0.25, -0.2) is 0 Å². The van der Waals surface area contributed by atoms with Crippen LogP contribution in [0.3, 0.4) is 0 Å². The summed E-state index contributed by atoms with van der Waals surface area (Å²) < 4.78 is 0. The summed E-state index contributed by atoms with van der Waals surface area (Å²) in [4.78, 5) is 10.5. The number of hydrogen-bond acceptors (Lipinski definition) is 2. The molecule has 66 valence electrons. The van der Waals surface area contributed by atoms with Crippen LogP contribution in [0.25, 0.3) is 0 Å². The molecule has 2 N–H and O–H groups in total. The second-order valence-corrected chi connectivity index (χ2v) is 3.10. The van der Waals surface area contributed by atoms with Gasteiger partial charge in [-0.2, -0.15) is 0 Å². The molecule has 1 atom stereocenters. The lowest BCUT2D eigenvalue weighted by Gasteiger charge is -2.13. The molecule has 3 heteroatoms. The standard InChI is InChI=1S/C8H17NO2/c1-4-7(8(10)11)9-5-6(2)3/h6-7,9H,4-5H2,1-3H3,(H,10,11)/t7-/m0/s1. The summed E-state index contributed by atoms with van der Waals surface area (Å²) in [6.07, 6.45) is 0.641. The largest absolute Gasteiger partial charge is 0.480 e. The van der Waals surface area contributed by atoms with Crippen LogP contribution in [0.15, 0.2) is 0 Å². The number of carboxylic acids is 1. The molecule has 0 aromatic rings. The molecule has 0 aliphatic carbocycles. The Morgan fingerprint density at radius 3 is 2.36 bits per heavy atom. The summed E-state index contributed by atoms with van der Waals surface area (Å²) in [5, 5.41) is 11.6. The molecule has 0 radical (unpaired) electrons. The highest BCUT2D eigenvalue weighted by Gasteiger charge is 2.13. The fourth-order valence-electron chi connectivity index (χ4n) is 0.784. The Morgan fingerprint density at radius 2 is 2.09 bits per heavy atom. The van der Waals surface area contributed by atoms with Gasteiger partial charge in [-0.15, -0.1) is 0 Å². The van der Waals surface area contributed by atoms with Gasteiger partial charge in [-0.3, -0.25) is 4.79 Å². The quantitative estimate of drug-likeness (QED) is 0.631. The lowest BCUT2D eigenvalue weighted by atomic mass is 10.2. The van der Waals surface area contributed by atoms with Crippen molar-refractivity contribution in [3.63, 3.8) is 0 Å². The second-order valence-electron chi connectivity index (χ2n) is 3.10. The maximum atomic E-state index is 10.5. The summed E-state index contributed by atoms with van der Waals surface area (Å²) in [5.41, 5.74) is 0. The van der Waals surface area contributed by atoms with Crippen molar-refractivity contribution in [2.24, 2.45) is 5.92 Å². The molecule has 0 bridgehead atoms. The number of carbonyl (C=O) groups is 1. The summed E-state index contributed by atoms with van der Waals surface area (Å²) in [7, 11) is 0. The fourth-order valence-corrected chi connectivity index (χ4v) is 0.784. The van der Waals surface area contributed by atoms with Crippen molar-refractivity contribution in [3.8, 4) is 0 Å². The van der Waals surface area contributed by atoms with Crippen LogP contribution < -0.4 is 5.32 Å². The van der Waals surface area contributed by atoms with E-state index in [0.29, 0.717) is 12.3 Å². The molecule has 0 rings (SSSR count). The van der Waals surface area contributed by atoms with Crippen LogP contribution in [0.2, 0.25) is 0 Å². The molecule has 0 aromatic carbocycles. The van der Waals surface area contributed by atoms with E-state index in [1.807, 2.05) is 6.92 Å². The number of nitrogens with one attached hydrogen (secondary N) is 1. The normalized spacial score (nSPS) is 13.5. The molecule has 0 fully saturated rings. The van der Waals surface area contributed by atoms with E-state index in [1.165, 1.54) is 0 Å². The van der Waals surface area contributed by atoms with Gasteiger partial charge in [0.2, 0.25) is 0 Å². The van der Waals surface area contributed by atoms with Crippen molar-refractivity contribution >= 4 is 5.97 Å². The van der Waals surface area contributed by atoms with Crippen LogP contribution in [0.5, 0.6) is 0 Å². The first-order chi connectivity index (χ1) is 5.07. The van der Waals surface area contributed by atoms with Crippen molar-refractivity contribution in [1.82, 2.24) is 5.32 Å². The molecule has 0 saturated heterocycles. The van der Waals surface area contributed by atoms with E-state index in [1.54, 1.807) is 0 Å². The van der Waals surface area contributed by atoms with Crippen molar-refractivity contribution < 1.29 is 9.90 Å². The van der Waals surface area contributed by atoms with E-state index in [0.717, 1.165) is 6.54 Å². The molecule has 0 aliphatic rings. The SMILES string of the molecule is CC[C@H](NCC(C)C)C(=O)O. The van der Waals surface area contributed by atoms with Crippen molar-refractivity contribution in [3.05, 3.63) is 0 Å². The van der Waals surface area contributed by atoms with Crippen LogP contribution in [0.4, 0.5) is 0 Å². The minimum Gasteiger partial charge on any atom is -0.480 e. The molecule has 0 saturated carbocycles. The second kappa shape index (κ2) is 5.13. The Kier molecular flexibility index (Phi) is 4.86. The van der Waals surface area contributed by atoms with E-state index in [-0.39, 0.29) is 6.04 Å². The van der Waals surface area contributed by atoms with Gasteiger partial charge in [0.15, 0.2) is 0 Å². The van der Waals surface area contributed by atoms with E-state index in [2.05, 4.69) is 19.2 Å².